The Labute approximate surface area is 126 Å². The minimum Gasteiger partial charge on any atom is -0.295 e. The summed E-state index contributed by atoms with van der Waals surface area (Å²) >= 11 is 0. The van der Waals surface area contributed by atoms with Gasteiger partial charge in [-0.1, -0.05) is 70.3 Å². The standard InChI is InChI=1S/C19H34O/c1-3-4-5-6-7-8-9-10-11-12-14-18-15-13-16-19(20)17(18)2/h3-16H2,1-2H3. The molecule has 1 aliphatic rings. The van der Waals surface area contributed by atoms with Gasteiger partial charge >= 0.3 is 0 Å². The number of carbonyl (C=O) groups is 1. The summed E-state index contributed by atoms with van der Waals surface area (Å²) in [7, 11) is 0. The van der Waals surface area contributed by atoms with Gasteiger partial charge in [-0.25, -0.2) is 0 Å². The molecule has 0 aliphatic heterocycles. The number of unbranched alkanes of at least 4 members (excludes halogenated alkanes) is 9. The zero-order valence-corrected chi connectivity index (χ0v) is 13.8. The Kier molecular flexibility index (Phi) is 9.70. The average molecular weight is 278 g/mol. The normalized spacial score (nSPS) is 16.0. The van der Waals surface area contributed by atoms with Crippen LogP contribution in [0.25, 0.3) is 0 Å². The van der Waals surface area contributed by atoms with Crippen molar-refractivity contribution in [3.05, 3.63) is 11.1 Å². The summed E-state index contributed by atoms with van der Waals surface area (Å²) in [5, 5.41) is 0. The molecule has 0 bridgehead atoms. The van der Waals surface area contributed by atoms with Gasteiger partial charge in [0, 0.05) is 6.42 Å². The van der Waals surface area contributed by atoms with E-state index in [0.717, 1.165) is 18.4 Å². The smallest absolute Gasteiger partial charge is 0.158 e. The Morgan fingerprint density at radius 3 is 1.95 bits per heavy atom. The van der Waals surface area contributed by atoms with Gasteiger partial charge in [-0.15, -0.1) is 0 Å². The summed E-state index contributed by atoms with van der Waals surface area (Å²) in [5.41, 5.74) is 2.55. The molecule has 0 amide bonds. The van der Waals surface area contributed by atoms with Gasteiger partial charge < -0.3 is 0 Å². The fourth-order valence-corrected chi connectivity index (χ4v) is 3.17. The SMILES string of the molecule is CCCCCCCCCCCCC1=C(C)C(=O)CCC1. The van der Waals surface area contributed by atoms with Crippen molar-refractivity contribution in [3.63, 3.8) is 0 Å². The van der Waals surface area contributed by atoms with E-state index in [9.17, 15) is 4.79 Å². The lowest BCUT2D eigenvalue weighted by Crippen LogP contribution is -2.09. The van der Waals surface area contributed by atoms with Gasteiger partial charge in [0.2, 0.25) is 0 Å². The van der Waals surface area contributed by atoms with E-state index in [0.29, 0.717) is 5.78 Å². The number of rotatable bonds is 11. The molecule has 0 N–H and O–H groups in total. The van der Waals surface area contributed by atoms with Crippen LogP contribution in [0.2, 0.25) is 0 Å². The molecule has 1 aliphatic carbocycles. The van der Waals surface area contributed by atoms with Gasteiger partial charge in [-0.2, -0.15) is 0 Å². The third-order valence-corrected chi connectivity index (χ3v) is 4.66. The van der Waals surface area contributed by atoms with Gasteiger partial charge in [-0.3, -0.25) is 4.79 Å². The Balaban J connectivity index is 1.94. The molecule has 0 aromatic carbocycles. The molecule has 0 saturated heterocycles. The lowest BCUT2D eigenvalue weighted by atomic mass is 9.88. The number of allylic oxidation sites excluding steroid dienone is 2. The van der Waals surface area contributed by atoms with Crippen LogP contribution in [0.1, 0.15) is 104 Å². The van der Waals surface area contributed by atoms with Gasteiger partial charge in [0.1, 0.15) is 0 Å². The second kappa shape index (κ2) is 11.1. The molecule has 0 radical (unpaired) electrons. The third-order valence-electron chi connectivity index (χ3n) is 4.66. The highest BCUT2D eigenvalue weighted by Gasteiger charge is 2.15. The van der Waals surface area contributed by atoms with Crippen molar-refractivity contribution in [2.24, 2.45) is 0 Å². The number of hydrogen-bond acceptors (Lipinski definition) is 1. The quantitative estimate of drug-likeness (QED) is 0.401. The minimum absolute atomic E-state index is 0.401. The lowest BCUT2D eigenvalue weighted by Gasteiger charge is -2.16. The Bertz CT molecular complexity index is 301. The van der Waals surface area contributed by atoms with E-state index in [1.807, 2.05) is 6.92 Å². The van der Waals surface area contributed by atoms with Gasteiger partial charge in [0.05, 0.1) is 0 Å². The van der Waals surface area contributed by atoms with E-state index >= 15 is 0 Å². The monoisotopic (exact) mass is 278 g/mol. The van der Waals surface area contributed by atoms with Crippen LogP contribution < -0.4 is 0 Å². The van der Waals surface area contributed by atoms with Crippen LogP contribution in [0.5, 0.6) is 0 Å². The zero-order valence-electron chi connectivity index (χ0n) is 13.8. The highest BCUT2D eigenvalue weighted by molar-refractivity contribution is 5.96. The first-order valence-electron chi connectivity index (χ1n) is 8.97. The maximum Gasteiger partial charge on any atom is 0.158 e. The van der Waals surface area contributed by atoms with Crippen LogP contribution in [0.15, 0.2) is 11.1 Å². The molecule has 0 spiro atoms. The Hall–Kier alpha value is -0.590. The average Bonchev–Trinajstić information content (AvgIpc) is 2.45. The molecule has 0 aromatic heterocycles. The lowest BCUT2D eigenvalue weighted by molar-refractivity contribution is -0.116. The van der Waals surface area contributed by atoms with Crippen molar-refractivity contribution < 1.29 is 4.79 Å². The Morgan fingerprint density at radius 2 is 1.35 bits per heavy atom. The summed E-state index contributed by atoms with van der Waals surface area (Å²) in [6.45, 7) is 4.31. The fourth-order valence-electron chi connectivity index (χ4n) is 3.17. The van der Waals surface area contributed by atoms with Gasteiger partial charge in [-0.05, 0) is 38.2 Å². The van der Waals surface area contributed by atoms with Crippen LogP contribution in [0, 0.1) is 0 Å². The number of hydrogen-bond donors (Lipinski definition) is 0. The summed E-state index contributed by atoms with van der Waals surface area (Å²) in [6, 6.07) is 0. The molecular weight excluding hydrogens is 244 g/mol. The molecule has 0 atom stereocenters. The van der Waals surface area contributed by atoms with E-state index in [-0.39, 0.29) is 0 Å². The fraction of sp³-hybridized carbons (Fsp3) is 0.842. The molecule has 1 heteroatoms. The second-order valence-electron chi connectivity index (χ2n) is 6.44. The van der Waals surface area contributed by atoms with Crippen LogP contribution in [0.4, 0.5) is 0 Å². The predicted octanol–water partition coefficient (Wildman–Crippen LogP) is 6.37. The predicted molar refractivity (Wildman–Crippen MR) is 88.0 cm³/mol. The zero-order chi connectivity index (χ0) is 14.6. The number of carbonyl (C=O) groups excluding carboxylic acids is 1. The first kappa shape index (κ1) is 17.5. The molecule has 1 nitrogen and oxygen atoms in total. The largest absolute Gasteiger partial charge is 0.295 e. The molecule has 0 fully saturated rings. The molecular formula is C19H34O. The van der Waals surface area contributed by atoms with Gasteiger partial charge in [0.15, 0.2) is 5.78 Å². The highest BCUT2D eigenvalue weighted by atomic mass is 16.1. The molecule has 0 saturated carbocycles. The van der Waals surface area contributed by atoms with E-state index in [2.05, 4.69) is 6.92 Å². The first-order valence-corrected chi connectivity index (χ1v) is 8.97. The molecule has 0 unspecified atom stereocenters. The number of Topliss-reactive ketones (excluding diaryl/α,β-unsaturated/α-hetero) is 1. The van der Waals surface area contributed by atoms with E-state index in [4.69, 9.17) is 0 Å². The van der Waals surface area contributed by atoms with E-state index < -0.39 is 0 Å². The Morgan fingerprint density at radius 1 is 0.800 bits per heavy atom. The third kappa shape index (κ3) is 7.26. The van der Waals surface area contributed by atoms with Crippen LogP contribution in [-0.2, 0) is 4.79 Å². The van der Waals surface area contributed by atoms with Crippen molar-refractivity contribution in [2.45, 2.75) is 104 Å². The maximum atomic E-state index is 11.6. The van der Waals surface area contributed by atoms with E-state index in [1.165, 1.54) is 82.6 Å². The second-order valence-corrected chi connectivity index (χ2v) is 6.44. The first-order chi connectivity index (χ1) is 9.75. The van der Waals surface area contributed by atoms with Crippen LogP contribution in [0.3, 0.4) is 0 Å². The van der Waals surface area contributed by atoms with Gasteiger partial charge in [0.25, 0.3) is 0 Å². The van der Waals surface area contributed by atoms with Crippen LogP contribution >= 0.6 is 0 Å². The van der Waals surface area contributed by atoms with Crippen molar-refractivity contribution in [3.8, 4) is 0 Å². The van der Waals surface area contributed by atoms with Crippen LogP contribution in [-0.4, -0.2) is 5.78 Å². The number of ketones is 1. The summed E-state index contributed by atoms with van der Waals surface area (Å²) < 4.78 is 0. The molecule has 116 valence electrons. The van der Waals surface area contributed by atoms with Crippen molar-refractivity contribution in [2.75, 3.05) is 0 Å². The topological polar surface area (TPSA) is 17.1 Å². The molecule has 1 rings (SSSR count). The molecule has 0 aromatic rings. The van der Waals surface area contributed by atoms with E-state index in [1.54, 1.807) is 0 Å². The molecule has 20 heavy (non-hydrogen) atoms. The highest BCUT2D eigenvalue weighted by Crippen LogP contribution is 2.26. The van der Waals surface area contributed by atoms with Crippen molar-refractivity contribution in [1.29, 1.82) is 0 Å². The summed E-state index contributed by atoms with van der Waals surface area (Å²) in [4.78, 5) is 11.6. The summed E-state index contributed by atoms with van der Waals surface area (Å²) in [6.07, 6.45) is 18.1. The maximum absolute atomic E-state index is 11.6. The van der Waals surface area contributed by atoms with Crippen molar-refractivity contribution >= 4 is 5.78 Å². The van der Waals surface area contributed by atoms with Crippen molar-refractivity contribution in [1.82, 2.24) is 0 Å². The molecule has 0 heterocycles. The minimum atomic E-state index is 0.401. The summed E-state index contributed by atoms with van der Waals surface area (Å²) in [5.74, 6) is 0.401.